The average molecular weight is 305 g/mol. The molecule has 0 saturated heterocycles. The molecule has 0 aliphatic heterocycles. The van der Waals surface area contributed by atoms with E-state index in [0.717, 1.165) is 18.4 Å². The summed E-state index contributed by atoms with van der Waals surface area (Å²) in [5, 5.41) is 8.70. The van der Waals surface area contributed by atoms with Crippen molar-refractivity contribution in [3.05, 3.63) is 52.3 Å². The molecule has 1 atom stereocenters. The summed E-state index contributed by atoms with van der Waals surface area (Å²) in [6.45, 7) is 2.52. The Bertz CT molecular complexity index is 635. The maximum absolute atomic E-state index is 11.7. The van der Waals surface area contributed by atoms with Gasteiger partial charge in [-0.3, -0.25) is 0 Å². The lowest BCUT2D eigenvalue weighted by atomic mass is 10.0. The predicted molar refractivity (Wildman–Crippen MR) is 79.4 cm³/mol. The Kier molecular flexibility index (Phi) is 5.76. The number of nitrogens with one attached hydrogen (secondary N) is 2. The molecule has 2 aromatic rings. The highest BCUT2D eigenvalue weighted by Crippen LogP contribution is 2.16. The molecule has 0 radical (unpaired) electrons. The van der Waals surface area contributed by atoms with Crippen LogP contribution in [0, 0.1) is 0 Å². The van der Waals surface area contributed by atoms with Crippen LogP contribution in [-0.2, 0) is 11.3 Å². The Morgan fingerprint density at radius 2 is 2.18 bits per heavy atom. The van der Waals surface area contributed by atoms with Crippen molar-refractivity contribution in [1.82, 2.24) is 15.5 Å². The molecule has 0 spiro atoms. The zero-order valence-corrected chi connectivity index (χ0v) is 12.4. The van der Waals surface area contributed by atoms with Gasteiger partial charge in [-0.2, -0.15) is 0 Å². The second kappa shape index (κ2) is 8.02. The van der Waals surface area contributed by atoms with E-state index < -0.39 is 11.8 Å². The van der Waals surface area contributed by atoms with E-state index in [4.69, 9.17) is 9.15 Å². The molecule has 1 aromatic carbocycles. The number of nitrogens with zero attached hydrogens (tertiary/aromatic N) is 1. The normalized spacial score (nSPS) is 11.9. The SMILES string of the molecule is CCCC(CNC(=O)OCc1ccccc1)c1n[nH]c(=O)o1. The summed E-state index contributed by atoms with van der Waals surface area (Å²) in [6, 6.07) is 9.43. The number of rotatable bonds is 7. The molecule has 0 bridgehead atoms. The van der Waals surface area contributed by atoms with Gasteiger partial charge < -0.3 is 14.5 Å². The minimum atomic E-state index is -0.595. The summed E-state index contributed by atoms with van der Waals surface area (Å²) in [7, 11) is 0. The van der Waals surface area contributed by atoms with Gasteiger partial charge in [-0.05, 0) is 12.0 Å². The van der Waals surface area contributed by atoms with Gasteiger partial charge in [0.25, 0.3) is 0 Å². The average Bonchev–Trinajstić information content (AvgIpc) is 2.96. The fraction of sp³-hybridized carbons (Fsp3) is 0.400. The molecule has 2 rings (SSSR count). The van der Waals surface area contributed by atoms with E-state index in [1.54, 1.807) is 0 Å². The number of H-pyrrole nitrogens is 1. The highest BCUT2D eigenvalue weighted by molar-refractivity contribution is 5.67. The van der Waals surface area contributed by atoms with Crippen LogP contribution in [0.3, 0.4) is 0 Å². The number of benzene rings is 1. The first kappa shape index (κ1) is 15.8. The van der Waals surface area contributed by atoms with E-state index in [9.17, 15) is 9.59 Å². The van der Waals surface area contributed by atoms with Crippen LogP contribution in [0.2, 0.25) is 0 Å². The van der Waals surface area contributed by atoms with Crippen molar-refractivity contribution in [3.63, 3.8) is 0 Å². The molecule has 1 heterocycles. The number of carbonyl (C=O) groups is 1. The van der Waals surface area contributed by atoms with E-state index in [0.29, 0.717) is 12.4 Å². The number of alkyl carbamates (subject to hydrolysis) is 1. The number of aromatic amines is 1. The lowest BCUT2D eigenvalue weighted by Gasteiger charge is -2.13. The maximum Gasteiger partial charge on any atom is 0.434 e. The maximum atomic E-state index is 11.7. The van der Waals surface area contributed by atoms with Crippen LogP contribution in [0.5, 0.6) is 0 Å². The first-order chi connectivity index (χ1) is 10.7. The van der Waals surface area contributed by atoms with Crippen LogP contribution in [0.15, 0.2) is 39.5 Å². The Balaban J connectivity index is 1.81. The van der Waals surface area contributed by atoms with Crippen LogP contribution in [0.4, 0.5) is 4.79 Å². The lowest BCUT2D eigenvalue weighted by molar-refractivity contribution is 0.138. The largest absolute Gasteiger partial charge is 0.445 e. The summed E-state index contributed by atoms with van der Waals surface area (Å²) >= 11 is 0. The smallest absolute Gasteiger partial charge is 0.434 e. The quantitative estimate of drug-likeness (QED) is 0.817. The molecule has 1 amide bonds. The molecule has 0 aliphatic rings. The van der Waals surface area contributed by atoms with Crippen molar-refractivity contribution in [2.24, 2.45) is 0 Å². The second-order valence-corrected chi connectivity index (χ2v) is 4.88. The van der Waals surface area contributed by atoms with Crippen molar-refractivity contribution < 1.29 is 13.9 Å². The van der Waals surface area contributed by atoms with Gasteiger partial charge in [-0.1, -0.05) is 43.7 Å². The standard InChI is InChI=1S/C15H19N3O4/c1-2-6-12(13-17-18-15(20)22-13)9-16-14(19)21-10-11-7-4-3-5-8-11/h3-5,7-8,12H,2,6,9-10H2,1H3,(H,16,19)(H,18,20). The first-order valence-corrected chi connectivity index (χ1v) is 7.19. The molecule has 118 valence electrons. The van der Waals surface area contributed by atoms with Gasteiger partial charge in [0.2, 0.25) is 5.89 Å². The van der Waals surface area contributed by atoms with Crippen LogP contribution < -0.4 is 11.1 Å². The third kappa shape index (κ3) is 4.76. The predicted octanol–water partition coefficient (Wildman–Crippen LogP) is 2.17. The number of carbonyl (C=O) groups excluding carboxylic acids is 1. The second-order valence-electron chi connectivity index (χ2n) is 4.88. The van der Waals surface area contributed by atoms with Gasteiger partial charge in [0.1, 0.15) is 6.61 Å². The van der Waals surface area contributed by atoms with Crippen LogP contribution in [0.1, 0.15) is 37.1 Å². The molecule has 0 saturated carbocycles. The molecule has 2 N–H and O–H groups in total. The van der Waals surface area contributed by atoms with E-state index >= 15 is 0 Å². The van der Waals surface area contributed by atoms with Crippen molar-refractivity contribution in [3.8, 4) is 0 Å². The Labute approximate surface area is 127 Å². The molecule has 22 heavy (non-hydrogen) atoms. The first-order valence-electron chi connectivity index (χ1n) is 7.19. The number of hydrogen-bond donors (Lipinski definition) is 2. The van der Waals surface area contributed by atoms with Gasteiger partial charge in [-0.15, -0.1) is 5.10 Å². The summed E-state index contributed by atoms with van der Waals surface area (Å²) in [4.78, 5) is 22.7. The van der Waals surface area contributed by atoms with Gasteiger partial charge in [-0.25, -0.2) is 14.7 Å². The molecule has 1 aromatic heterocycles. The molecule has 7 heteroatoms. The summed E-state index contributed by atoms with van der Waals surface area (Å²) < 4.78 is 10.1. The topological polar surface area (TPSA) is 97.2 Å². The minimum absolute atomic E-state index is 0.159. The van der Waals surface area contributed by atoms with E-state index in [2.05, 4.69) is 15.5 Å². The Morgan fingerprint density at radius 3 is 2.82 bits per heavy atom. The van der Waals surface area contributed by atoms with Crippen molar-refractivity contribution in [1.29, 1.82) is 0 Å². The van der Waals surface area contributed by atoms with Crippen LogP contribution in [0.25, 0.3) is 0 Å². The third-order valence-electron chi connectivity index (χ3n) is 3.15. The van der Waals surface area contributed by atoms with Gasteiger partial charge in [0.05, 0.1) is 5.92 Å². The summed E-state index contributed by atoms with van der Waals surface area (Å²) in [6.07, 6.45) is 1.11. The zero-order valence-electron chi connectivity index (χ0n) is 12.4. The van der Waals surface area contributed by atoms with Gasteiger partial charge in [0, 0.05) is 6.54 Å². The fourth-order valence-corrected chi connectivity index (χ4v) is 2.06. The van der Waals surface area contributed by atoms with Gasteiger partial charge in [0.15, 0.2) is 0 Å². The van der Waals surface area contributed by atoms with Crippen molar-refractivity contribution in [2.45, 2.75) is 32.3 Å². The molecule has 7 nitrogen and oxygen atoms in total. The van der Waals surface area contributed by atoms with Crippen LogP contribution in [-0.4, -0.2) is 22.8 Å². The van der Waals surface area contributed by atoms with E-state index in [-0.39, 0.29) is 12.5 Å². The van der Waals surface area contributed by atoms with Crippen molar-refractivity contribution in [2.75, 3.05) is 6.54 Å². The highest BCUT2D eigenvalue weighted by Gasteiger charge is 2.18. The minimum Gasteiger partial charge on any atom is -0.445 e. The highest BCUT2D eigenvalue weighted by atomic mass is 16.5. The number of aromatic nitrogens is 2. The van der Waals surface area contributed by atoms with Gasteiger partial charge >= 0.3 is 11.8 Å². The lowest BCUT2D eigenvalue weighted by Crippen LogP contribution is -2.29. The Hall–Kier alpha value is -2.57. The molecular weight excluding hydrogens is 286 g/mol. The molecule has 0 fully saturated rings. The third-order valence-corrected chi connectivity index (χ3v) is 3.15. The zero-order chi connectivity index (χ0) is 15.8. The summed E-state index contributed by atoms with van der Waals surface area (Å²) in [5.41, 5.74) is 0.918. The molecular formula is C15H19N3O4. The van der Waals surface area contributed by atoms with E-state index in [1.807, 2.05) is 37.3 Å². The van der Waals surface area contributed by atoms with Crippen molar-refractivity contribution >= 4 is 6.09 Å². The monoisotopic (exact) mass is 305 g/mol. The summed E-state index contributed by atoms with van der Waals surface area (Å²) in [5.74, 6) is -0.453. The molecule has 0 aliphatic carbocycles. The van der Waals surface area contributed by atoms with E-state index in [1.165, 1.54) is 0 Å². The number of ether oxygens (including phenoxy) is 1. The van der Waals surface area contributed by atoms with Crippen LogP contribution >= 0.6 is 0 Å². The number of hydrogen-bond acceptors (Lipinski definition) is 5. The number of amides is 1. The molecule has 1 unspecified atom stereocenters. The fourth-order valence-electron chi connectivity index (χ4n) is 2.06. The Morgan fingerprint density at radius 1 is 1.41 bits per heavy atom.